The summed E-state index contributed by atoms with van der Waals surface area (Å²) < 4.78 is 24.8. The van der Waals surface area contributed by atoms with Crippen LogP contribution in [0, 0.1) is 5.92 Å². The molecule has 0 aliphatic carbocycles. The molecule has 1 fully saturated rings. The quantitative estimate of drug-likeness (QED) is 0.903. The van der Waals surface area contributed by atoms with E-state index in [1.165, 1.54) is 6.26 Å². The highest BCUT2D eigenvalue weighted by molar-refractivity contribution is 7.88. The van der Waals surface area contributed by atoms with Crippen LogP contribution in [-0.2, 0) is 10.0 Å². The highest BCUT2D eigenvalue weighted by atomic mass is 35.5. The molecule has 1 aliphatic rings. The van der Waals surface area contributed by atoms with Crippen molar-refractivity contribution in [2.24, 2.45) is 5.92 Å². The van der Waals surface area contributed by atoms with Gasteiger partial charge in [-0.25, -0.2) is 12.7 Å². The van der Waals surface area contributed by atoms with E-state index in [4.69, 9.17) is 11.6 Å². The maximum atomic E-state index is 11.6. The summed E-state index contributed by atoms with van der Waals surface area (Å²) in [6.07, 6.45) is 3.30. The van der Waals surface area contributed by atoms with Gasteiger partial charge in [-0.15, -0.1) is 0 Å². The second-order valence-corrected chi connectivity index (χ2v) is 8.23. The lowest BCUT2D eigenvalue weighted by Crippen LogP contribution is -2.42. The van der Waals surface area contributed by atoms with Crippen LogP contribution >= 0.6 is 11.6 Å². The Balaban J connectivity index is 1.88. The SMILES string of the molecule is C[C@H](NCC1CCCN(S(C)(=O)=O)C1)c1cccc(Cl)c1. The van der Waals surface area contributed by atoms with E-state index in [2.05, 4.69) is 12.2 Å². The molecule has 0 radical (unpaired) electrons. The van der Waals surface area contributed by atoms with Crippen molar-refractivity contribution in [2.75, 3.05) is 25.9 Å². The summed E-state index contributed by atoms with van der Waals surface area (Å²) in [5.41, 5.74) is 1.15. The summed E-state index contributed by atoms with van der Waals surface area (Å²) in [5, 5.41) is 4.23. The lowest BCUT2D eigenvalue weighted by Gasteiger charge is -2.31. The number of hydrogen-bond donors (Lipinski definition) is 1. The van der Waals surface area contributed by atoms with Crippen LogP contribution < -0.4 is 5.32 Å². The van der Waals surface area contributed by atoms with E-state index < -0.39 is 10.0 Å². The molecule has 0 aromatic heterocycles. The van der Waals surface area contributed by atoms with Gasteiger partial charge < -0.3 is 5.32 Å². The standard InChI is InChI=1S/C15H23ClN2O2S/c1-12(14-6-3-7-15(16)9-14)17-10-13-5-4-8-18(11-13)21(2,19)20/h3,6-7,9,12-13,17H,4-5,8,10-11H2,1-2H3/t12-,13?/m0/s1. The molecular formula is C15H23ClN2O2S. The van der Waals surface area contributed by atoms with E-state index in [1.807, 2.05) is 24.3 Å². The average molecular weight is 331 g/mol. The van der Waals surface area contributed by atoms with Crippen LogP contribution in [0.5, 0.6) is 0 Å². The van der Waals surface area contributed by atoms with Crippen molar-refractivity contribution in [3.8, 4) is 0 Å². The third-order valence-corrected chi connectivity index (χ3v) is 5.52. The molecule has 0 saturated carbocycles. The first-order chi connectivity index (χ1) is 9.86. The molecule has 4 nitrogen and oxygen atoms in total. The number of benzene rings is 1. The summed E-state index contributed by atoms with van der Waals surface area (Å²) >= 11 is 6.01. The number of halogens is 1. The van der Waals surface area contributed by atoms with Gasteiger partial charge in [0.2, 0.25) is 10.0 Å². The Labute approximate surface area is 132 Å². The summed E-state index contributed by atoms with van der Waals surface area (Å²) in [6.45, 7) is 4.19. The van der Waals surface area contributed by atoms with Gasteiger partial charge in [-0.1, -0.05) is 23.7 Å². The predicted octanol–water partition coefficient (Wildman–Crippen LogP) is 2.66. The molecule has 1 aliphatic heterocycles. The smallest absolute Gasteiger partial charge is 0.211 e. The average Bonchev–Trinajstić information content (AvgIpc) is 2.44. The Morgan fingerprint density at radius 3 is 2.90 bits per heavy atom. The Morgan fingerprint density at radius 1 is 1.48 bits per heavy atom. The molecule has 0 spiro atoms. The van der Waals surface area contributed by atoms with E-state index in [9.17, 15) is 8.42 Å². The minimum absolute atomic E-state index is 0.206. The first-order valence-electron chi connectivity index (χ1n) is 7.30. The van der Waals surface area contributed by atoms with E-state index in [1.54, 1.807) is 4.31 Å². The van der Waals surface area contributed by atoms with Gasteiger partial charge in [-0.05, 0) is 49.9 Å². The van der Waals surface area contributed by atoms with Crippen LogP contribution in [0.4, 0.5) is 0 Å². The molecular weight excluding hydrogens is 308 g/mol. The zero-order valence-corrected chi connectivity index (χ0v) is 14.1. The molecule has 1 aromatic carbocycles. The van der Waals surface area contributed by atoms with E-state index >= 15 is 0 Å². The Morgan fingerprint density at radius 2 is 2.24 bits per heavy atom. The van der Waals surface area contributed by atoms with Gasteiger partial charge in [0.25, 0.3) is 0 Å². The van der Waals surface area contributed by atoms with Crippen molar-refractivity contribution in [1.82, 2.24) is 9.62 Å². The second-order valence-electron chi connectivity index (χ2n) is 5.81. The third kappa shape index (κ3) is 4.95. The first kappa shape index (κ1) is 16.7. The molecule has 118 valence electrons. The zero-order valence-electron chi connectivity index (χ0n) is 12.5. The minimum Gasteiger partial charge on any atom is -0.310 e. The van der Waals surface area contributed by atoms with Crippen LogP contribution in [0.15, 0.2) is 24.3 Å². The van der Waals surface area contributed by atoms with Crippen LogP contribution in [0.25, 0.3) is 0 Å². The molecule has 6 heteroatoms. The fraction of sp³-hybridized carbons (Fsp3) is 0.600. The number of rotatable bonds is 5. The number of hydrogen-bond acceptors (Lipinski definition) is 3. The van der Waals surface area contributed by atoms with Crippen LogP contribution in [0.1, 0.15) is 31.4 Å². The third-order valence-electron chi connectivity index (χ3n) is 4.01. The zero-order chi connectivity index (χ0) is 15.5. The van der Waals surface area contributed by atoms with Gasteiger partial charge in [0.15, 0.2) is 0 Å². The van der Waals surface area contributed by atoms with Crippen molar-refractivity contribution < 1.29 is 8.42 Å². The number of piperidine rings is 1. The first-order valence-corrected chi connectivity index (χ1v) is 9.53. The maximum absolute atomic E-state index is 11.6. The van der Waals surface area contributed by atoms with E-state index in [0.29, 0.717) is 19.0 Å². The molecule has 0 bridgehead atoms. The number of sulfonamides is 1. The highest BCUT2D eigenvalue weighted by Crippen LogP contribution is 2.21. The van der Waals surface area contributed by atoms with Crippen molar-refractivity contribution in [3.05, 3.63) is 34.9 Å². The van der Waals surface area contributed by atoms with Gasteiger partial charge in [0.05, 0.1) is 6.26 Å². The summed E-state index contributed by atoms with van der Waals surface area (Å²) in [7, 11) is -3.07. The molecule has 1 heterocycles. The largest absolute Gasteiger partial charge is 0.310 e. The monoisotopic (exact) mass is 330 g/mol. The van der Waals surface area contributed by atoms with E-state index in [-0.39, 0.29) is 6.04 Å². The Bertz CT molecular complexity index is 577. The molecule has 1 saturated heterocycles. The molecule has 2 atom stereocenters. The highest BCUT2D eigenvalue weighted by Gasteiger charge is 2.25. The van der Waals surface area contributed by atoms with Crippen molar-refractivity contribution in [3.63, 3.8) is 0 Å². The molecule has 1 N–H and O–H groups in total. The van der Waals surface area contributed by atoms with Crippen molar-refractivity contribution in [2.45, 2.75) is 25.8 Å². The van der Waals surface area contributed by atoms with Gasteiger partial charge in [0, 0.05) is 24.2 Å². The predicted molar refractivity (Wildman–Crippen MR) is 87.0 cm³/mol. The van der Waals surface area contributed by atoms with Crippen LogP contribution in [0.3, 0.4) is 0 Å². The Hall–Kier alpha value is -0.620. The number of nitrogens with one attached hydrogen (secondary N) is 1. The molecule has 1 unspecified atom stereocenters. The van der Waals surface area contributed by atoms with Gasteiger partial charge in [-0.2, -0.15) is 0 Å². The summed E-state index contributed by atoms with van der Waals surface area (Å²) in [4.78, 5) is 0. The van der Waals surface area contributed by atoms with Gasteiger partial charge >= 0.3 is 0 Å². The van der Waals surface area contributed by atoms with Gasteiger partial charge in [-0.3, -0.25) is 0 Å². The second kappa shape index (κ2) is 7.09. The molecule has 2 rings (SSSR count). The van der Waals surface area contributed by atoms with Crippen LogP contribution in [0.2, 0.25) is 5.02 Å². The fourth-order valence-electron chi connectivity index (χ4n) is 2.73. The lowest BCUT2D eigenvalue weighted by molar-refractivity contribution is 0.257. The summed E-state index contributed by atoms with van der Waals surface area (Å²) in [6, 6.07) is 8.03. The normalized spacial score (nSPS) is 22.1. The maximum Gasteiger partial charge on any atom is 0.211 e. The molecule has 0 amide bonds. The van der Waals surface area contributed by atoms with Gasteiger partial charge in [0.1, 0.15) is 0 Å². The fourth-order valence-corrected chi connectivity index (χ4v) is 3.87. The van der Waals surface area contributed by atoms with E-state index in [0.717, 1.165) is 30.0 Å². The van der Waals surface area contributed by atoms with Crippen molar-refractivity contribution >= 4 is 21.6 Å². The topological polar surface area (TPSA) is 49.4 Å². The Kier molecular flexibility index (Phi) is 5.66. The summed E-state index contributed by atoms with van der Waals surface area (Å²) in [5.74, 6) is 0.370. The minimum atomic E-state index is -3.07. The van der Waals surface area contributed by atoms with Crippen molar-refractivity contribution in [1.29, 1.82) is 0 Å². The number of nitrogens with zero attached hydrogens (tertiary/aromatic N) is 1. The molecule has 21 heavy (non-hydrogen) atoms. The lowest BCUT2D eigenvalue weighted by atomic mass is 9.99. The molecule has 1 aromatic rings. The van der Waals surface area contributed by atoms with Crippen LogP contribution in [-0.4, -0.2) is 38.6 Å².